The van der Waals surface area contributed by atoms with E-state index in [4.69, 9.17) is 0 Å². The third kappa shape index (κ3) is 3.96. The van der Waals surface area contributed by atoms with Gasteiger partial charge in [0.2, 0.25) is 5.91 Å². The van der Waals surface area contributed by atoms with Crippen molar-refractivity contribution in [2.24, 2.45) is 0 Å². The van der Waals surface area contributed by atoms with Gasteiger partial charge >= 0.3 is 0 Å². The number of para-hydroxylation sites is 1. The number of aromatic amines is 1. The Bertz CT molecular complexity index is 947. The second-order valence-electron chi connectivity index (χ2n) is 5.87. The van der Waals surface area contributed by atoms with Crippen molar-refractivity contribution in [1.29, 1.82) is 0 Å². The molecule has 0 bridgehead atoms. The molecule has 2 heterocycles. The minimum Gasteiger partial charge on any atom is -0.353 e. The summed E-state index contributed by atoms with van der Waals surface area (Å²) < 4.78 is 1.62. The van der Waals surface area contributed by atoms with Gasteiger partial charge in [-0.25, -0.2) is 9.67 Å². The summed E-state index contributed by atoms with van der Waals surface area (Å²) in [6.45, 7) is 4.08. The highest BCUT2D eigenvalue weighted by atomic mass is 32.2. The number of H-pyrrole nitrogens is 1. The van der Waals surface area contributed by atoms with E-state index < -0.39 is 0 Å². The number of nitrogens with zero attached hydrogens (tertiary/aromatic N) is 3. The molecular weight excluding hydrogens is 350 g/mol. The van der Waals surface area contributed by atoms with Gasteiger partial charge in [-0.05, 0) is 25.0 Å². The molecule has 26 heavy (non-hydrogen) atoms. The molecule has 3 aromatic rings. The van der Waals surface area contributed by atoms with E-state index in [1.165, 1.54) is 18.0 Å². The van der Waals surface area contributed by atoms with Gasteiger partial charge < -0.3 is 10.3 Å². The van der Waals surface area contributed by atoms with Crippen LogP contribution < -0.4 is 10.9 Å². The fourth-order valence-electron chi connectivity index (χ4n) is 2.62. The van der Waals surface area contributed by atoms with Crippen LogP contribution in [0.4, 0.5) is 0 Å². The lowest BCUT2D eigenvalue weighted by Crippen LogP contribution is -2.35. The zero-order valence-corrected chi connectivity index (χ0v) is 15.5. The molecule has 3 rings (SSSR count). The Kier molecular flexibility index (Phi) is 5.72. The Morgan fingerprint density at radius 1 is 1.27 bits per heavy atom. The normalized spacial score (nSPS) is 11.2. The zero-order chi connectivity index (χ0) is 18.5. The van der Waals surface area contributed by atoms with E-state index in [9.17, 15) is 9.59 Å². The summed E-state index contributed by atoms with van der Waals surface area (Å²) >= 11 is 1.21. The molecule has 2 N–H and O–H groups in total. The molecule has 1 amide bonds. The molecule has 1 aromatic carbocycles. The lowest BCUT2D eigenvalue weighted by atomic mass is 10.2. The first-order valence-electron chi connectivity index (χ1n) is 8.58. The van der Waals surface area contributed by atoms with Gasteiger partial charge in [0.1, 0.15) is 5.39 Å². The lowest BCUT2D eigenvalue weighted by Gasteiger charge is -2.14. The molecule has 7 nitrogen and oxygen atoms in total. The number of hydrogen-bond acceptors (Lipinski definition) is 5. The number of carbonyl (C=O) groups is 1. The summed E-state index contributed by atoms with van der Waals surface area (Å²) in [7, 11) is 0. The van der Waals surface area contributed by atoms with Crippen LogP contribution in [0.5, 0.6) is 0 Å². The second-order valence-corrected chi connectivity index (χ2v) is 6.83. The van der Waals surface area contributed by atoms with Crippen molar-refractivity contribution in [2.45, 2.75) is 37.9 Å². The van der Waals surface area contributed by atoms with Crippen LogP contribution >= 0.6 is 11.8 Å². The Morgan fingerprint density at radius 3 is 2.69 bits per heavy atom. The van der Waals surface area contributed by atoms with Gasteiger partial charge in [-0.2, -0.15) is 5.10 Å². The van der Waals surface area contributed by atoms with Crippen LogP contribution in [0.2, 0.25) is 0 Å². The molecule has 0 aliphatic carbocycles. The number of rotatable bonds is 7. The molecular formula is C18H21N5O2S. The predicted molar refractivity (Wildman–Crippen MR) is 103 cm³/mol. The van der Waals surface area contributed by atoms with Gasteiger partial charge in [-0.1, -0.05) is 43.8 Å². The van der Waals surface area contributed by atoms with Crippen LogP contribution in [0.25, 0.3) is 16.7 Å². The molecule has 0 aliphatic rings. The number of benzene rings is 1. The van der Waals surface area contributed by atoms with Crippen LogP contribution in [0.1, 0.15) is 26.7 Å². The molecule has 2 aromatic heterocycles. The number of carbonyl (C=O) groups excluding carboxylic acids is 1. The molecule has 0 aliphatic heterocycles. The maximum atomic E-state index is 12.3. The van der Waals surface area contributed by atoms with Crippen molar-refractivity contribution >= 4 is 28.7 Å². The predicted octanol–water partition coefficient (Wildman–Crippen LogP) is 2.51. The first-order chi connectivity index (χ1) is 12.6. The summed E-state index contributed by atoms with van der Waals surface area (Å²) in [6.07, 6.45) is 3.29. The quantitative estimate of drug-likeness (QED) is 0.492. The molecule has 0 atom stereocenters. The summed E-state index contributed by atoms with van der Waals surface area (Å²) in [6, 6.07) is 9.67. The monoisotopic (exact) mass is 371 g/mol. The van der Waals surface area contributed by atoms with Gasteiger partial charge in [0.05, 0.1) is 17.6 Å². The number of amides is 1. The minimum absolute atomic E-state index is 0.0667. The average Bonchev–Trinajstić information content (AvgIpc) is 3.09. The number of aromatic nitrogens is 4. The molecule has 0 fully saturated rings. The zero-order valence-electron chi connectivity index (χ0n) is 14.7. The van der Waals surface area contributed by atoms with Crippen LogP contribution in [-0.4, -0.2) is 37.5 Å². The highest BCUT2D eigenvalue weighted by Crippen LogP contribution is 2.17. The Labute approximate surface area is 155 Å². The SMILES string of the molecule is CCC(CC)NC(=O)CSc1nc2c(cnn2-c2ccccc2)c(=O)[nH]1. The third-order valence-electron chi connectivity index (χ3n) is 4.11. The minimum atomic E-state index is -0.264. The summed E-state index contributed by atoms with van der Waals surface area (Å²) in [5, 5.41) is 8.06. The van der Waals surface area contributed by atoms with E-state index >= 15 is 0 Å². The first-order valence-corrected chi connectivity index (χ1v) is 9.56. The molecule has 0 saturated carbocycles. The van der Waals surface area contributed by atoms with Crippen LogP contribution in [0.15, 0.2) is 46.5 Å². The Balaban J connectivity index is 1.82. The maximum Gasteiger partial charge on any atom is 0.262 e. The fraction of sp³-hybridized carbons (Fsp3) is 0.333. The van der Waals surface area contributed by atoms with Gasteiger partial charge in [-0.15, -0.1) is 0 Å². The molecule has 0 spiro atoms. The standard InChI is InChI=1S/C18H21N5O2S/c1-3-12(4-2)20-15(24)11-26-18-21-16-14(17(25)22-18)10-19-23(16)13-8-6-5-7-9-13/h5-10,12H,3-4,11H2,1-2H3,(H,20,24)(H,21,22,25). The topological polar surface area (TPSA) is 92.7 Å². The Hall–Kier alpha value is -2.61. The van der Waals surface area contributed by atoms with Crippen molar-refractivity contribution < 1.29 is 4.79 Å². The second kappa shape index (κ2) is 8.18. The summed E-state index contributed by atoms with van der Waals surface area (Å²) in [4.78, 5) is 31.6. The van der Waals surface area contributed by atoms with Gasteiger partial charge in [0.15, 0.2) is 10.8 Å². The highest BCUT2D eigenvalue weighted by Gasteiger charge is 2.13. The lowest BCUT2D eigenvalue weighted by molar-refractivity contribution is -0.119. The van der Waals surface area contributed by atoms with E-state index in [-0.39, 0.29) is 23.3 Å². The van der Waals surface area contributed by atoms with Crippen LogP contribution in [0.3, 0.4) is 0 Å². The Morgan fingerprint density at radius 2 is 2.00 bits per heavy atom. The van der Waals surface area contributed by atoms with Crippen molar-refractivity contribution in [2.75, 3.05) is 5.75 Å². The fourth-order valence-corrected chi connectivity index (χ4v) is 3.29. The molecule has 0 radical (unpaired) electrons. The molecule has 8 heteroatoms. The molecule has 136 valence electrons. The molecule has 0 saturated heterocycles. The van der Waals surface area contributed by atoms with Crippen LogP contribution in [-0.2, 0) is 4.79 Å². The van der Waals surface area contributed by atoms with Gasteiger partial charge in [-0.3, -0.25) is 9.59 Å². The number of thioether (sulfide) groups is 1. The van der Waals surface area contributed by atoms with Gasteiger partial charge in [0.25, 0.3) is 5.56 Å². The number of fused-ring (bicyclic) bond motifs is 1. The summed E-state index contributed by atoms with van der Waals surface area (Å²) in [5.41, 5.74) is 1.03. The van der Waals surface area contributed by atoms with Crippen molar-refractivity contribution in [1.82, 2.24) is 25.1 Å². The first kappa shape index (κ1) is 18.2. The van der Waals surface area contributed by atoms with E-state index in [2.05, 4.69) is 20.4 Å². The summed E-state index contributed by atoms with van der Waals surface area (Å²) in [5.74, 6) is 0.132. The largest absolute Gasteiger partial charge is 0.353 e. The third-order valence-corrected chi connectivity index (χ3v) is 4.98. The van der Waals surface area contributed by atoms with E-state index in [0.29, 0.717) is 16.2 Å². The van der Waals surface area contributed by atoms with E-state index in [1.807, 2.05) is 44.2 Å². The number of hydrogen-bond donors (Lipinski definition) is 2. The maximum absolute atomic E-state index is 12.3. The van der Waals surface area contributed by atoms with Crippen molar-refractivity contribution in [3.05, 3.63) is 46.9 Å². The van der Waals surface area contributed by atoms with Gasteiger partial charge in [0, 0.05) is 6.04 Å². The van der Waals surface area contributed by atoms with Crippen molar-refractivity contribution in [3.8, 4) is 5.69 Å². The average molecular weight is 371 g/mol. The van der Waals surface area contributed by atoms with E-state index in [1.54, 1.807) is 4.68 Å². The number of nitrogens with one attached hydrogen (secondary N) is 2. The van der Waals surface area contributed by atoms with Crippen LogP contribution in [0, 0.1) is 0 Å². The highest BCUT2D eigenvalue weighted by molar-refractivity contribution is 7.99. The smallest absolute Gasteiger partial charge is 0.262 e. The van der Waals surface area contributed by atoms with Crippen molar-refractivity contribution in [3.63, 3.8) is 0 Å². The van der Waals surface area contributed by atoms with E-state index in [0.717, 1.165) is 18.5 Å². The molecule has 0 unspecified atom stereocenters.